The number of rotatable bonds is 8. The van der Waals surface area contributed by atoms with Crippen LogP contribution in [0.4, 0.5) is 11.4 Å². The van der Waals surface area contributed by atoms with Crippen LogP contribution in [0.25, 0.3) is 0 Å². The fraction of sp³-hybridized carbons (Fsp3) is 0.562. The second kappa shape index (κ2) is 8.61. The zero-order chi connectivity index (χ0) is 18.4. The van der Waals surface area contributed by atoms with Crippen molar-refractivity contribution in [3.05, 3.63) is 18.2 Å². The third-order valence-electron chi connectivity index (χ3n) is 3.96. The van der Waals surface area contributed by atoms with E-state index in [9.17, 15) is 13.2 Å². The molecule has 1 heterocycles. The summed E-state index contributed by atoms with van der Waals surface area (Å²) < 4.78 is 34.2. The van der Waals surface area contributed by atoms with E-state index in [-0.39, 0.29) is 16.9 Å². The van der Waals surface area contributed by atoms with E-state index in [4.69, 9.17) is 15.2 Å². The molecule has 0 unspecified atom stereocenters. The lowest BCUT2D eigenvalue weighted by Gasteiger charge is -2.17. The first-order valence-corrected chi connectivity index (χ1v) is 9.97. The summed E-state index contributed by atoms with van der Waals surface area (Å²) in [6.45, 7) is 1.37. The Bertz CT molecular complexity index is 708. The van der Waals surface area contributed by atoms with Crippen LogP contribution < -0.4 is 16.4 Å². The summed E-state index contributed by atoms with van der Waals surface area (Å²) in [6, 6.07) is 4.56. The van der Waals surface area contributed by atoms with Crippen LogP contribution in [0.3, 0.4) is 0 Å². The number of hydrogen-bond donors (Lipinski definition) is 3. The standard InChI is InChI=1S/C16H25N3O5S/c1-23-8-7-18-13-5-4-12(25(2,21)22)9-14(13)19-16(20)15-6-3-11(10-17)24-15/h4-5,9,11,15,18H,3,6-8,10,17H2,1-2H3,(H,19,20)/t11-,15+/m1/s1. The van der Waals surface area contributed by atoms with Gasteiger partial charge in [-0.15, -0.1) is 0 Å². The minimum atomic E-state index is -3.39. The van der Waals surface area contributed by atoms with E-state index in [0.29, 0.717) is 37.5 Å². The van der Waals surface area contributed by atoms with Gasteiger partial charge in [0, 0.05) is 26.5 Å². The van der Waals surface area contributed by atoms with E-state index in [1.54, 1.807) is 13.2 Å². The van der Waals surface area contributed by atoms with Crippen molar-refractivity contribution in [2.24, 2.45) is 5.73 Å². The van der Waals surface area contributed by atoms with Crippen molar-refractivity contribution in [3.63, 3.8) is 0 Å². The van der Waals surface area contributed by atoms with Crippen LogP contribution in [0.15, 0.2) is 23.1 Å². The van der Waals surface area contributed by atoms with Gasteiger partial charge in [0.25, 0.3) is 5.91 Å². The molecule has 140 valence electrons. The second-order valence-corrected chi connectivity index (χ2v) is 7.96. The SMILES string of the molecule is COCCNc1ccc(S(C)(=O)=O)cc1NC(=O)[C@@H]1CC[C@H](CN)O1. The van der Waals surface area contributed by atoms with Crippen LogP contribution in [-0.2, 0) is 24.1 Å². The molecule has 1 fully saturated rings. The van der Waals surface area contributed by atoms with Crippen LogP contribution >= 0.6 is 0 Å². The lowest BCUT2D eigenvalue weighted by molar-refractivity contribution is -0.126. The summed E-state index contributed by atoms with van der Waals surface area (Å²) in [5.41, 5.74) is 6.57. The molecule has 1 saturated heterocycles. The Labute approximate surface area is 148 Å². The molecule has 0 aliphatic carbocycles. The summed E-state index contributed by atoms with van der Waals surface area (Å²) in [7, 11) is -1.80. The molecule has 1 aliphatic rings. The minimum absolute atomic E-state index is 0.114. The summed E-state index contributed by atoms with van der Waals surface area (Å²) in [4.78, 5) is 12.6. The van der Waals surface area contributed by atoms with E-state index >= 15 is 0 Å². The molecule has 0 bridgehead atoms. The number of methoxy groups -OCH3 is 1. The predicted molar refractivity (Wildman–Crippen MR) is 95.5 cm³/mol. The highest BCUT2D eigenvalue weighted by atomic mass is 32.2. The Kier molecular flexibility index (Phi) is 6.77. The number of ether oxygens (including phenoxy) is 2. The molecule has 0 radical (unpaired) electrons. The highest BCUT2D eigenvalue weighted by Crippen LogP contribution is 2.27. The largest absolute Gasteiger partial charge is 0.383 e. The van der Waals surface area contributed by atoms with E-state index < -0.39 is 15.9 Å². The first-order valence-electron chi connectivity index (χ1n) is 8.08. The highest BCUT2D eigenvalue weighted by Gasteiger charge is 2.30. The molecule has 4 N–H and O–H groups in total. The minimum Gasteiger partial charge on any atom is -0.383 e. The normalized spacial score (nSPS) is 20.4. The Morgan fingerprint density at radius 1 is 1.36 bits per heavy atom. The molecule has 1 amide bonds. The lowest BCUT2D eigenvalue weighted by atomic mass is 10.2. The molecule has 25 heavy (non-hydrogen) atoms. The second-order valence-electron chi connectivity index (χ2n) is 5.95. The topological polar surface area (TPSA) is 120 Å². The van der Waals surface area contributed by atoms with Crippen molar-refractivity contribution in [1.82, 2.24) is 0 Å². The van der Waals surface area contributed by atoms with Gasteiger partial charge < -0.3 is 25.8 Å². The van der Waals surface area contributed by atoms with Gasteiger partial charge in [-0.05, 0) is 31.0 Å². The van der Waals surface area contributed by atoms with Crippen molar-refractivity contribution in [2.45, 2.75) is 29.9 Å². The Balaban J connectivity index is 2.18. The number of nitrogens with one attached hydrogen (secondary N) is 2. The van der Waals surface area contributed by atoms with Crippen LogP contribution in [0.2, 0.25) is 0 Å². The summed E-state index contributed by atoms with van der Waals surface area (Å²) in [5.74, 6) is -0.309. The molecule has 8 nitrogen and oxygen atoms in total. The molecule has 2 rings (SSSR count). The Morgan fingerprint density at radius 2 is 2.12 bits per heavy atom. The number of benzene rings is 1. The number of amides is 1. The maximum Gasteiger partial charge on any atom is 0.253 e. The van der Waals surface area contributed by atoms with Gasteiger partial charge >= 0.3 is 0 Å². The molecule has 9 heteroatoms. The van der Waals surface area contributed by atoms with Crippen LogP contribution in [0.1, 0.15) is 12.8 Å². The van der Waals surface area contributed by atoms with Crippen LogP contribution in [-0.4, -0.2) is 59.6 Å². The number of hydrogen-bond acceptors (Lipinski definition) is 7. The van der Waals surface area contributed by atoms with Crippen molar-refractivity contribution in [3.8, 4) is 0 Å². The number of carbonyl (C=O) groups is 1. The van der Waals surface area contributed by atoms with Gasteiger partial charge in [0.2, 0.25) is 0 Å². The predicted octanol–water partition coefficient (Wildman–Crippen LogP) is 0.593. The van der Waals surface area contributed by atoms with Crippen LogP contribution in [0.5, 0.6) is 0 Å². The summed E-state index contributed by atoms with van der Waals surface area (Å²) >= 11 is 0. The monoisotopic (exact) mass is 371 g/mol. The third-order valence-corrected chi connectivity index (χ3v) is 5.07. The third kappa shape index (κ3) is 5.40. The molecule has 0 spiro atoms. The number of nitrogens with two attached hydrogens (primary N) is 1. The van der Waals surface area contributed by atoms with Gasteiger partial charge in [-0.3, -0.25) is 4.79 Å². The number of carbonyl (C=O) groups excluding carboxylic acids is 1. The van der Waals surface area contributed by atoms with Crippen LogP contribution in [0, 0.1) is 0 Å². The zero-order valence-corrected chi connectivity index (χ0v) is 15.3. The molecule has 0 saturated carbocycles. The molecular weight excluding hydrogens is 346 g/mol. The average molecular weight is 371 g/mol. The quantitative estimate of drug-likeness (QED) is 0.572. The van der Waals surface area contributed by atoms with E-state index in [1.807, 2.05) is 0 Å². The van der Waals surface area contributed by atoms with Gasteiger partial charge in [-0.1, -0.05) is 0 Å². The van der Waals surface area contributed by atoms with Gasteiger partial charge in [0.15, 0.2) is 9.84 Å². The zero-order valence-electron chi connectivity index (χ0n) is 14.4. The maximum absolute atomic E-state index is 12.4. The van der Waals surface area contributed by atoms with Gasteiger partial charge in [-0.25, -0.2) is 8.42 Å². The molecular formula is C16H25N3O5S. The highest BCUT2D eigenvalue weighted by molar-refractivity contribution is 7.90. The van der Waals surface area contributed by atoms with Gasteiger partial charge in [-0.2, -0.15) is 0 Å². The van der Waals surface area contributed by atoms with Gasteiger partial charge in [0.1, 0.15) is 6.10 Å². The fourth-order valence-electron chi connectivity index (χ4n) is 2.58. The maximum atomic E-state index is 12.4. The fourth-order valence-corrected chi connectivity index (χ4v) is 3.23. The van der Waals surface area contributed by atoms with Gasteiger partial charge in [0.05, 0.1) is 29.0 Å². The first kappa shape index (κ1) is 19.6. The lowest BCUT2D eigenvalue weighted by Crippen LogP contribution is -2.30. The van der Waals surface area contributed by atoms with Crippen molar-refractivity contribution >= 4 is 27.1 Å². The van der Waals surface area contributed by atoms with E-state index in [2.05, 4.69) is 10.6 Å². The number of sulfone groups is 1. The van der Waals surface area contributed by atoms with E-state index in [1.165, 1.54) is 12.1 Å². The molecule has 1 aliphatic heterocycles. The molecule has 0 aromatic heterocycles. The van der Waals surface area contributed by atoms with Crippen molar-refractivity contribution in [1.29, 1.82) is 0 Å². The molecule has 1 aromatic rings. The molecule has 1 aromatic carbocycles. The van der Waals surface area contributed by atoms with Crippen molar-refractivity contribution < 1.29 is 22.7 Å². The van der Waals surface area contributed by atoms with E-state index in [0.717, 1.165) is 12.7 Å². The first-order chi connectivity index (χ1) is 11.8. The number of anilines is 2. The Hall–Kier alpha value is -1.68. The summed E-state index contributed by atoms with van der Waals surface area (Å²) in [6.07, 6.45) is 1.75. The Morgan fingerprint density at radius 3 is 2.72 bits per heavy atom. The smallest absolute Gasteiger partial charge is 0.253 e. The average Bonchev–Trinajstić information content (AvgIpc) is 3.04. The van der Waals surface area contributed by atoms with Crippen molar-refractivity contribution in [2.75, 3.05) is 43.7 Å². The molecule has 2 atom stereocenters. The summed E-state index contributed by atoms with van der Waals surface area (Å²) in [5, 5.41) is 5.88.